The van der Waals surface area contributed by atoms with Crippen molar-refractivity contribution in [1.29, 1.82) is 0 Å². The number of hydrogen-bond acceptors (Lipinski definition) is 3. The molecule has 0 radical (unpaired) electrons. The topological polar surface area (TPSA) is 60.2 Å². The monoisotopic (exact) mass is 223 g/mol. The molecule has 90 valence electrons. The number of rotatable bonds is 2. The average Bonchev–Trinajstić information content (AvgIpc) is 2.34. The average molecular weight is 223 g/mol. The van der Waals surface area contributed by atoms with Gasteiger partial charge in [0.15, 0.2) is 11.6 Å². The van der Waals surface area contributed by atoms with E-state index in [9.17, 15) is 9.59 Å². The summed E-state index contributed by atoms with van der Waals surface area (Å²) in [7, 11) is 1.50. The van der Waals surface area contributed by atoms with Crippen molar-refractivity contribution >= 4 is 11.6 Å². The molecule has 0 aliphatic heterocycles. The SMILES string of the molecule is CC.CC(=O)c1ccccc1C(C)=O.CN. The number of ketones is 2. The molecule has 0 aliphatic carbocycles. The van der Waals surface area contributed by atoms with E-state index in [0.29, 0.717) is 11.1 Å². The van der Waals surface area contributed by atoms with Gasteiger partial charge in [0.05, 0.1) is 0 Å². The predicted molar refractivity (Wildman–Crippen MR) is 67.9 cm³/mol. The third kappa shape index (κ3) is 5.41. The molecule has 3 heteroatoms. The second-order valence-electron chi connectivity index (χ2n) is 2.66. The first kappa shape index (κ1) is 16.9. The first-order valence-corrected chi connectivity index (χ1v) is 5.31. The Kier molecular flexibility index (Phi) is 10.6. The fraction of sp³-hybridized carbons (Fsp3) is 0.385. The van der Waals surface area contributed by atoms with Crippen LogP contribution in [0.25, 0.3) is 0 Å². The van der Waals surface area contributed by atoms with Crippen molar-refractivity contribution in [2.24, 2.45) is 5.73 Å². The Balaban J connectivity index is 0. The fourth-order valence-electron chi connectivity index (χ4n) is 1.10. The second-order valence-corrected chi connectivity index (χ2v) is 2.66. The summed E-state index contributed by atoms with van der Waals surface area (Å²) in [6.07, 6.45) is 0. The molecule has 2 N–H and O–H groups in total. The lowest BCUT2D eigenvalue weighted by molar-refractivity contribution is 0.0981. The van der Waals surface area contributed by atoms with Crippen LogP contribution in [0.4, 0.5) is 0 Å². The quantitative estimate of drug-likeness (QED) is 0.784. The van der Waals surface area contributed by atoms with Gasteiger partial charge in [-0.25, -0.2) is 0 Å². The van der Waals surface area contributed by atoms with Crippen LogP contribution >= 0.6 is 0 Å². The largest absolute Gasteiger partial charge is 0.333 e. The third-order valence-corrected chi connectivity index (χ3v) is 1.69. The summed E-state index contributed by atoms with van der Waals surface area (Å²) >= 11 is 0. The Hall–Kier alpha value is -1.48. The predicted octanol–water partition coefficient (Wildman–Crippen LogP) is 2.69. The van der Waals surface area contributed by atoms with E-state index in [1.807, 2.05) is 13.8 Å². The highest BCUT2D eigenvalue weighted by Gasteiger charge is 2.08. The molecule has 0 aromatic heterocycles. The highest BCUT2D eigenvalue weighted by atomic mass is 16.1. The molecule has 1 aromatic rings. The molecular weight excluding hydrogens is 202 g/mol. The van der Waals surface area contributed by atoms with Crippen LogP contribution in [0.15, 0.2) is 24.3 Å². The minimum atomic E-state index is -0.0687. The van der Waals surface area contributed by atoms with Crippen molar-refractivity contribution < 1.29 is 9.59 Å². The normalized spacial score (nSPS) is 7.88. The second kappa shape index (κ2) is 10.1. The lowest BCUT2D eigenvalue weighted by Gasteiger charge is -2.00. The summed E-state index contributed by atoms with van der Waals surface area (Å²) < 4.78 is 0. The Morgan fingerprint density at radius 2 is 1.12 bits per heavy atom. The zero-order valence-electron chi connectivity index (χ0n) is 10.7. The number of carbonyl (C=O) groups is 2. The van der Waals surface area contributed by atoms with E-state index in [4.69, 9.17) is 0 Å². The number of Topliss-reactive ketones (excluding diaryl/α,β-unsaturated/α-hetero) is 2. The van der Waals surface area contributed by atoms with E-state index in [1.165, 1.54) is 20.9 Å². The van der Waals surface area contributed by atoms with Crippen molar-refractivity contribution in [1.82, 2.24) is 0 Å². The van der Waals surface area contributed by atoms with Crippen molar-refractivity contribution in [2.75, 3.05) is 7.05 Å². The van der Waals surface area contributed by atoms with E-state index in [0.717, 1.165) is 0 Å². The van der Waals surface area contributed by atoms with Crippen LogP contribution in [0, 0.1) is 0 Å². The summed E-state index contributed by atoms with van der Waals surface area (Å²) in [4.78, 5) is 22.0. The van der Waals surface area contributed by atoms with Crippen molar-refractivity contribution in [2.45, 2.75) is 27.7 Å². The summed E-state index contributed by atoms with van der Waals surface area (Å²) in [5, 5.41) is 0. The van der Waals surface area contributed by atoms with Crippen LogP contribution in [-0.4, -0.2) is 18.6 Å². The summed E-state index contributed by atoms with van der Waals surface area (Å²) in [6.45, 7) is 6.92. The molecule has 0 saturated carbocycles. The maximum absolute atomic E-state index is 11.0. The lowest BCUT2D eigenvalue weighted by Crippen LogP contribution is -2.02. The molecule has 3 nitrogen and oxygen atoms in total. The van der Waals surface area contributed by atoms with Gasteiger partial charge in [-0.05, 0) is 20.9 Å². The molecule has 0 amide bonds. The lowest BCUT2D eigenvalue weighted by atomic mass is 10.0. The Morgan fingerprint density at radius 1 is 0.875 bits per heavy atom. The molecule has 1 rings (SSSR count). The molecule has 0 fully saturated rings. The number of benzene rings is 1. The van der Waals surface area contributed by atoms with Gasteiger partial charge in [-0.3, -0.25) is 9.59 Å². The Morgan fingerprint density at radius 3 is 1.31 bits per heavy atom. The van der Waals surface area contributed by atoms with E-state index in [1.54, 1.807) is 24.3 Å². The van der Waals surface area contributed by atoms with Crippen LogP contribution in [0.2, 0.25) is 0 Å². The molecule has 0 atom stereocenters. The summed E-state index contributed by atoms with van der Waals surface area (Å²) in [6, 6.07) is 6.84. The van der Waals surface area contributed by atoms with Gasteiger partial charge in [0.2, 0.25) is 0 Å². The molecule has 0 saturated heterocycles. The number of nitrogens with two attached hydrogens (primary N) is 1. The van der Waals surface area contributed by atoms with E-state index >= 15 is 0 Å². The van der Waals surface area contributed by atoms with Gasteiger partial charge in [-0.2, -0.15) is 0 Å². The van der Waals surface area contributed by atoms with Crippen molar-refractivity contribution in [3.8, 4) is 0 Å². The van der Waals surface area contributed by atoms with Crippen molar-refractivity contribution in [3.05, 3.63) is 35.4 Å². The minimum Gasteiger partial charge on any atom is -0.333 e. The van der Waals surface area contributed by atoms with Crippen LogP contribution in [0.5, 0.6) is 0 Å². The Labute approximate surface area is 97.7 Å². The van der Waals surface area contributed by atoms with Gasteiger partial charge in [0.1, 0.15) is 0 Å². The standard InChI is InChI=1S/C10H10O2.C2H6.CH5N/c1-7(11)9-5-3-4-6-10(9)8(2)12;2*1-2/h3-6H,1-2H3;1-2H3;2H2,1H3. The molecule has 0 bridgehead atoms. The van der Waals surface area contributed by atoms with Gasteiger partial charge in [0, 0.05) is 11.1 Å². The highest BCUT2D eigenvalue weighted by Crippen LogP contribution is 2.09. The first-order chi connectivity index (χ1) is 7.63. The van der Waals surface area contributed by atoms with Gasteiger partial charge in [-0.1, -0.05) is 38.1 Å². The molecular formula is C13H21NO2. The Bertz CT molecular complexity index is 299. The van der Waals surface area contributed by atoms with Crippen molar-refractivity contribution in [3.63, 3.8) is 0 Å². The fourth-order valence-corrected chi connectivity index (χ4v) is 1.10. The van der Waals surface area contributed by atoms with Gasteiger partial charge in [0.25, 0.3) is 0 Å². The minimum absolute atomic E-state index is 0.0687. The zero-order chi connectivity index (χ0) is 13.1. The maximum Gasteiger partial charge on any atom is 0.160 e. The van der Waals surface area contributed by atoms with Crippen LogP contribution in [0.3, 0.4) is 0 Å². The van der Waals surface area contributed by atoms with E-state index < -0.39 is 0 Å². The zero-order valence-corrected chi connectivity index (χ0v) is 10.7. The maximum atomic E-state index is 11.0. The molecule has 0 unspecified atom stereocenters. The summed E-state index contributed by atoms with van der Waals surface area (Å²) in [5.74, 6) is -0.137. The highest BCUT2D eigenvalue weighted by molar-refractivity contribution is 6.07. The first-order valence-electron chi connectivity index (χ1n) is 5.31. The molecule has 0 heterocycles. The van der Waals surface area contributed by atoms with E-state index in [-0.39, 0.29) is 11.6 Å². The molecule has 1 aromatic carbocycles. The molecule has 16 heavy (non-hydrogen) atoms. The summed E-state index contributed by atoms with van der Waals surface area (Å²) in [5.41, 5.74) is 5.51. The van der Waals surface area contributed by atoms with Crippen LogP contribution < -0.4 is 5.73 Å². The number of hydrogen-bond donors (Lipinski definition) is 1. The molecule has 0 spiro atoms. The third-order valence-electron chi connectivity index (χ3n) is 1.69. The number of carbonyl (C=O) groups excluding carboxylic acids is 2. The van der Waals surface area contributed by atoms with Gasteiger partial charge >= 0.3 is 0 Å². The van der Waals surface area contributed by atoms with Gasteiger partial charge < -0.3 is 5.73 Å². The van der Waals surface area contributed by atoms with Gasteiger partial charge in [-0.15, -0.1) is 0 Å². The van der Waals surface area contributed by atoms with Crippen LogP contribution in [0.1, 0.15) is 48.4 Å². The van der Waals surface area contributed by atoms with E-state index in [2.05, 4.69) is 5.73 Å². The molecule has 0 aliphatic rings. The smallest absolute Gasteiger partial charge is 0.160 e. The van der Waals surface area contributed by atoms with Crippen LogP contribution in [-0.2, 0) is 0 Å².